The van der Waals surface area contributed by atoms with Crippen LogP contribution in [-0.2, 0) is 27.2 Å². The topological polar surface area (TPSA) is 89.3 Å². The highest BCUT2D eigenvalue weighted by molar-refractivity contribution is 5.90. The Bertz CT molecular complexity index is 1000. The average molecular weight is 625 g/mol. The Balaban J connectivity index is -0.000000566. The number of primary amides is 1. The molecule has 0 aromatic heterocycles. The van der Waals surface area contributed by atoms with E-state index in [0.29, 0.717) is 12.3 Å². The molecule has 3 N–H and O–H groups in total. The van der Waals surface area contributed by atoms with Crippen LogP contribution in [0.2, 0.25) is 0 Å². The standard InChI is InChI=1S/C14H26N2O3.C11H16.C7H8.C5H12.C3H6/c1-5-10(4)12(17)8-16-14(19)11(6-9(2)3)7-13(15)18;1-3-6-11-8-5-7-10(4-2)9-11;1-7-5-3-2-4-6-7;1-3-5-4-2;1-3-2/h9-11H,5-8H2,1-4H3,(H2,15,18)(H,16,19);5,7-9H,3-4,6H2,1-2H3;2-6H,1H3;3-5H2,1-2H3;3H,1H2,2H3. The smallest absolute Gasteiger partial charge is 0.224 e. The fourth-order valence-corrected chi connectivity index (χ4v) is 4.00. The van der Waals surface area contributed by atoms with E-state index < -0.39 is 11.8 Å². The number of amides is 2. The van der Waals surface area contributed by atoms with Crippen LogP contribution in [0.15, 0.2) is 67.3 Å². The van der Waals surface area contributed by atoms with Crippen molar-refractivity contribution in [1.82, 2.24) is 5.32 Å². The Kier molecular flexibility index (Phi) is 33.1. The van der Waals surface area contributed by atoms with E-state index in [1.807, 2.05) is 52.8 Å². The van der Waals surface area contributed by atoms with Crippen molar-refractivity contribution in [2.24, 2.45) is 23.5 Å². The number of benzene rings is 2. The van der Waals surface area contributed by atoms with Crippen molar-refractivity contribution in [1.29, 1.82) is 0 Å². The number of ketones is 1. The lowest BCUT2D eigenvalue weighted by Crippen LogP contribution is -2.38. The minimum absolute atomic E-state index is 0.0122. The number of allylic oxidation sites excluding steroid dienone is 1. The minimum atomic E-state index is -0.492. The first-order valence-corrected chi connectivity index (χ1v) is 17.1. The molecule has 0 saturated carbocycles. The van der Waals surface area contributed by atoms with E-state index in [2.05, 4.69) is 82.9 Å². The Morgan fingerprint density at radius 2 is 1.42 bits per heavy atom. The maximum atomic E-state index is 12.0. The van der Waals surface area contributed by atoms with Gasteiger partial charge in [0.05, 0.1) is 6.54 Å². The molecule has 0 spiro atoms. The lowest BCUT2D eigenvalue weighted by Gasteiger charge is -2.17. The third kappa shape index (κ3) is 30.6. The summed E-state index contributed by atoms with van der Waals surface area (Å²) < 4.78 is 0. The zero-order chi connectivity index (χ0) is 35.0. The predicted octanol–water partition coefficient (Wildman–Crippen LogP) is 9.84. The van der Waals surface area contributed by atoms with Crippen molar-refractivity contribution in [3.63, 3.8) is 0 Å². The zero-order valence-electron chi connectivity index (χ0n) is 30.6. The summed E-state index contributed by atoms with van der Waals surface area (Å²) in [5.41, 5.74) is 9.40. The summed E-state index contributed by atoms with van der Waals surface area (Å²) in [7, 11) is 0. The third-order valence-electron chi connectivity index (χ3n) is 6.76. The molecule has 0 fully saturated rings. The SMILES string of the molecule is C=CC.CCC(C)C(=O)CNC(=O)C(CC(N)=O)CC(C)C.CCCCC.CCCc1cccc(CC)c1.Cc1ccccc1. The summed E-state index contributed by atoms with van der Waals surface area (Å²) in [5.74, 6) is -0.945. The molecule has 2 aromatic rings. The zero-order valence-corrected chi connectivity index (χ0v) is 30.6. The molecule has 0 saturated heterocycles. The molecule has 0 aliphatic heterocycles. The Labute approximate surface area is 277 Å². The van der Waals surface area contributed by atoms with Gasteiger partial charge in [0.25, 0.3) is 0 Å². The number of rotatable bonds is 14. The van der Waals surface area contributed by atoms with Crippen LogP contribution in [0, 0.1) is 24.7 Å². The number of nitrogens with one attached hydrogen (secondary N) is 1. The van der Waals surface area contributed by atoms with Gasteiger partial charge >= 0.3 is 0 Å². The third-order valence-corrected chi connectivity index (χ3v) is 6.76. The van der Waals surface area contributed by atoms with E-state index in [1.54, 1.807) is 6.08 Å². The van der Waals surface area contributed by atoms with Crippen molar-refractivity contribution in [2.75, 3.05) is 6.54 Å². The molecule has 2 atom stereocenters. The highest BCUT2D eigenvalue weighted by Crippen LogP contribution is 2.15. The fraction of sp³-hybridized carbons (Fsp3) is 0.575. The van der Waals surface area contributed by atoms with Crippen molar-refractivity contribution in [3.05, 3.63) is 83.9 Å². The summed E-state index contributed by atoms with van der Waals surface area (Å²) in [6.07, 6.45) is 10.8. The van der Waals surface area contributed by atoms with E-state index in [9.17, 15) is 14.4 Å². The maximum Gasteiger partial charge on any atom is 0.224 e. The summed E-state index contributed by atoms with van der Waals surface area (Å²) in [4.78, 5) is 34.6. The van der Waals surface area contributed by atoms with E-state index in [0.717, 1.165) is 12.8 Å². The number of hydrogen-bond acceptors (Lipinski definition) is 3. The molecule has 2 rings (SSSR count). The maximum absolute atomic E-state index is 12.0. The van der Waals surface area contributed by atoms with Crippen LogP contribution >= 0.6 is 0 Å². The van der Waals surface area contributed by atoms with Crippen LogP contribution in [0.3, 0.4) is 0 Å². The van der Waals surface area contributed by atoms with Crippen molar-refractivity contribution >= 4 is 17.6 Å². The minimum Gasteiger partial charge on any atom is -0.370 e. The van der Waals surface area contributed by atoms with Gasteiger partial charge in [0, 0.05) is 18.3 Å². The predicted molar refractivity (Wildman–Crippen MR) is 196 cm³/mol. The van der Waals surface area contributed by atoms with Crippen molar-refractivity contribution in [3.8, 4) is 0 Å². The van der Waals surface area contributed by atoms with Crippen LogP contribution in [0.4, 0.5) is 0 Å². The molecule has 2 aromatic carbocycles. The normalized spacial score (nSPS) is 10.9. The van der Waals surface area contributed by atoms with Gasteiger partial charge in [-0.15, -0.1) is 6.58 Å². The van der Waals surface area contributed by atoms with Crippen LogP contribution in [0.5, 0.6) is 0 Å². The average Bonchev–Trinajstić information content (AvgIpc) is 3.01. The fourth-order valence-electron chi connectivity index (χ4n) is 4.00. The molecule has 45 heavy (non-hydrogen) atoms. The first kappa shape index (κ1) is 46.2. The van der Waals surface area contributed by atoms with E-state index in [1.165, 1.54) is 48.8 Å². The van der Waals surface area contributed by atoms with Crippen LogP contribution in [-0.4, -0.2) is 24.1 Å². The number of carbonyl (C=O) groups is 3. The van der Waals surface area contributed by atoms with Crippen molar-refractivity contribution in [2.45, 2.75) is 127 Å². The summed E-state index contributed by atoms with van der Waals surface area (Å²) in [5, 5.41) is 2.61. The highest BCUT2D eigenvalue weighted by Gasteiger charge is 2.22. The number of unbranched alkanes of at least 4 members (excludes halogenated alkanes) is 2. The van der Waals surface area contributed by atoms with Crippen molar-refractivity contribution < 1.29 is 14.4 Å². The molecular formula is C40H68N2O3. The van der Waals surface area contributed by atoms with E-state index in [4.69, 9.17) is 5.73 Å². The number of aryl methyl sites for hydroxylation is 3. The van der Waals surface area contributed by atoms with Gasteiger partial charge in [0.1, 0.15) is 0 Å². The van der Waals surface area contributed by atoms with Gasteiger partial charge in [-0.05, 0) is 56.6 Å². The summed E-state index contributed by atoms with van der Waals surface area (Å²) in [6, 6.07) is 19.1. The van der Waals surface area contributed by atoms with Gasteiger partial charge < -0.3 is 11.1 Å². The molecule has 2 unspecified atom stereocenters. The van der Waals surface area contributed by atoms with E-state index in [-0.39, 0.29) is 30.6 Å². The lowest BCUT2D eigenvalue weighted by molar-refractivity contribution is -0.131. The second-order valence-corrected chi connectivity index (χ2v) is 11.8. The lowest BCUT2D eigenvalue weighted by atomic mass is 9.93. The monoisotopic (exact) mass is 625 g/mol. The Morgan fingerprint density at radius 3 is 1.80 bits per heavy atom. The Hall–Kier alpha value is -3.21. The number of Topliss-reactive ketones (excluding diaryl/α,β-unsaturated/α-hetero) is 1. The van der Waals surface area contributed by atoms with Gasteiger partial charge in [-0.25, -0.2) is 0 Å². The molecule has 256 valence electrons. The quantitative estimate of drug-likeness (QED) is 0.205. The highest BCUT2D eigenvalue weighted by atomic mass is 16.2. The van der Waals surface area contributed by atoms with Crippen LogP contribution < -0.4 is 11.1 Å². The molecule has 0 heterocycles. The summed E-state index contributed by atoms with van der Waals surface area (Å²) >= 11 is 0. The molecule has 0 aliphatic rings. The number of nitrogens with two attached hydrogens (primary N) is 1. The molecular weight excluding hydrogens is 556 g/mol. The molecule has 0 bridgehead atoms. The largest absolute Gasteiger partial charge is 0.370 e. The second-order valence-electron chi connectivity index (χ2n) is 11.8. The number of carbonyl (C=O) groups excluding carboxylic acids is 3. The van der Waals surface area contributed by atoms with Gasteiger partial charge in [0.15, 0.2) is 5.78 Å². The van der Waals surface area contributed by atoms with Gasteiger partial charge in [-0.1, -0.05) is 147 Å². The summed E-state index contributed by atoms with van der Waals surface area (Å²) in [6.45, 7) is 23.9. The Morgan fingerprint density at radius 1 is 0.867 bits per heavy atom. The van der Waals surface area contributed by atoms with Crippen LogP contribution in [0.1, 0.15) is 124 Å². The van der Waals surface area contributed by atoms with E-state index >= 15 is 0 Å². The molecule has 2 amide bonds. The first-order chi connectivity index (χ1) is 21.4. The van der Waals surface area contributed by atoms with Gasteiger partial charge in [-0.2, -0.15) is 0 Å². The molecule has 0 radical (unpaired) electrons. The molecule has 5 nitrogen and oxygen atoms in total. The van der Waals surface area contributed by atoms with Gasteiger partial charge in [0.2, 0.25) is 11.8 Å². The van der Waals surface area contributed by atoms with Gasteiger partial charge in [-0.3, -0.25) is 14.4 Å². The molecule has 5 heteroatoms. The van der Waals surface area contributed by atoms with Crippen LogP contribution in [0.25, 0.3) is 0 Å². The first-order valence-electron chi connectivity index (χ1n) is 17.1. The molecule has 0 aliphatic carbocycles. The number of hydrogen-bond donors (Lipinski definition) is 2. The second kappa shape index (κ2) is 32.2.